The zero-order valence-corrected chi connectivity index (χ0v) is 9.31. The Bertz CT molecular complexity index is 437. The van der Waals surface area contributed by atoms with Crippen molar-refractivity contribution < 1.29 is 9.90 Å². The van der Waals surface area contributed by atoms with Crippen LogP contribution in [0, 0.1) is 0 Å². The molecule has 0 aliphatic carbocycles. The number of carboxylic acids is 1. The number of hydrogen-bond acceptors (Lipinski definition) is 2. The molecular formula is C13H15NO2. The second-order valence-corrected chi connectivity index (χ2v) is 4.07. The number of rotatable bonds is 2. The van der Waals surface area contributed by atoms with Crippen molar-refractivity contribution in [3.63, 3.8) is 0 Å². The van der Waals surface area contributed by atoms with Gasteiger partial charge in [-0.1, -0.05) is 23.8 Å². The van der Waals surface area contributed by atoms with Gasteiger partial charge in [-0.3, -0.25) is 0 Å². The van der Waals surface area contributed by atoms with Crippen molar-refractivity contribution in [3.8, 4) is 0 Å². The Labute approximate surface area is 95.0 Å². The Balaban J connectivity index is 2.30. The summed E-state index contributed by atoms with van der Waals surface area (Å²) in [5.74, 6) is -0.859. The number of benzene rings is 1. The Hall–Kier alpha value is -1.77. The quantitative estimate of drug-likeness (QED) is 0.774. The number of para-hydroxylation sites is 1. The summed E-state index contributed by atoms with van der Waals surface area (Å²) in [5.41, 5.74) is 2.58. The molecule has 1 aromatic carbocycles. The monoisotopic (exact) mass is 217 g/mol. The Morgan fingerprint density at radius 1 is 1.38 bits per heavy atom. The highest BCUT2D eigenvalue weighted by atomic mass is 16.4. The van der Waals surface area contributed by atoms with Gasteiger partial charge >= 0.3 is 5.97 Å². The van der Waals surface area contributed by atoms with Gasteiger partial charge in [0.05, 0.1) is 11.3 Å². The summed E-state index contributed by atoms with van der Waals surface area (Å²) in [5, 5.41) is 9.11. The highest BCUT2D eigenvalue weighted by molar-refractivity contribution is 5.94. The van der Waals surface area contributed by atoms with Crippen molar-refractivity contribution in [2.45, 2.75) is 13.3 Å². The first-order valence-corrected chi connectivity index (χ1v) is 5.41. The minimum absolute atomic E-state index is 0.385. The fourth-order valence-corrected chi connectivity index (χ4v) is 1.92. The molecule has 3 nitrogen and oxygen atoms in total. The first-order chi connectivity index (χ1) is 7.68. The van der Waals surface area contributed by atoms with Crippen molar-refractivity contribution >= 4 is 11.7 Å². The van der Waals surface area contributed by atoms with Gasteiger partial charge in [-0.15, -0.1) is 0 Å². The van der Waals surface area contributed by atoms with Crippen LogP contribution in [0.15, 0.2) is 35.9 Å². The maximum atomic E-state index is 11.1. The molecule has 1 heterocycles. The lowest BCUT2D eigenvalue weighted by molar-refractivity contribution is 0.0697. The van der Waals surface area contributed by atoms with Crippen LogP contribution < -0.4 is 4.90 Å². The lowest BCUT2D eigenvalue weighted by atomic mass is 10.1. The minimum Gasteiger partial charge on any atom is -0.478 e. The third kappa shape index (κ3) is 2.08. The fraction of sp³-hybridized carbons (Fsp3) is 0.308. The molecule has 2 rings (SSSR count). The van der Waals surface area contributed by atoms with Gasteiger partial charge in [0.1, 0.15) is 0 Å². The third-order valence-corrected chi connectivity index (χ3v) is 2.91. The van der Waals surface area contributed by atoms with Crippen molar-refractivity contribution in [1.29, 1.82) is 0 Å². The molecule has 1 aliphatic rings. The molecule has 0 spiro atoms. The van der Waals surface area contributed by atoms with E-state index >= 15 is 0 Å². The first kappa shape index (κ1) is 10.7. The van der Waals surface area contributed by atoms with Gasteiger partial charge in [-0.05, 0) is 25.5 Å². The summed E-state index contributed by atoms with van der Waals surface area (Å²) < 4.78 is 0. The molecule has 0 fully saturated rings. The number of carbonyl (C=O) groups is 1. The van der Waals surface area contributed by atoms with Crippen LogP contribution in [0.2, 0.25) is 0 Å². The molecule has 0 saturated heterocycles. The van der Waals surface area contributed by atoms with E-state index in [1.807, 2.05) is 12.1 Å². The second kappa shape index (κ2) is 4.39. The van der Waals surface area contributed by atoms with Gasteiger partial charge in [0, 0.05) is 13.1 Å². The molecule has 0 atom stereocenters. The van der Waals surface area contributed by atoms with E-state index < -0.39 is 5.97 Å². The molecule has 0 aromatic heterocycles. The zero-order chi connectivity index (χ0) is 11.5. The van der Waals surface area contributed by atoms with E-state index in [1.165, 1.54) is 5.57 Å². The molecule has 1 aliphatic heterocycles. The number of anilines is 1. The highest BCUT2D eigenvalue weighted by Gasteiger charge is 2.16. The van der Waals surface area contributed by atoms with Crippen LogP contribution in [0.5, 0.6) is 0 Å². The summed E-state index contributed by atoms with van der Waals surface area (Å²) in [6.45, 7) is 3.81. The van der Waals surface area contributed by atoms with Crippen molar-refractivity contribution in [1.82, 2.24) is 0 Å². The molecule has 0 radical (unpaired) electrons. The maximum Gasteiger partial charge on any atom is 0.337 e. The average molecular weight is 217 g/mol. The van der Waals surface area contributed by atoms with E-state index in [2.05, 4.69) is 17.9 Å². The van der Waals surface area contributed by atoms with Gasteiger partial charge in [0.15, 0.2) is 0 Å². The predicted octanol–water partition coefficient (Wildman–Crippen LogP) is 2.54. The second-order valence-electron chi connectivity index (χ2n) is 4.07. The molecule has 1 N–H and O–H groups in total. The predicted molar refractivity (Wildman–Crippen MR) is 64.0 cm³/mol. The van der Waals surface area contributed by atoms with Crippen molar-refractivity contribution in [3.05, 3.63) is 41.5 Å². The normalized spacial score (nSPS) is 15.8. The molecule has 84 valence electrons. The molecular weight excluding hydrogens is 202 g/mol. The number of nitrogens with zero attached hydrogens (tertiary/aromatic N) is 1. The SMILES string of the molecule is CC1=CCN(c2ccccc2C(=O)O)CC1. The van der Waals surface area contributed by atoms with Gasteiger partial charge in [-0.25, -0.2) is 4.79 Å². The van der Waals surface area contributed by atoms with E-state index in [0.717, 1.165) is 25.2 Å². The fourth-order valence-electron chi connectivity index (χ4n) is 1.92. The zero-order valence-electron chi connectivity index (χ0n) is 9.31. The van der Waals surface area contributed by atoms with Crippen LogP contribution in [0.25, 0.3) is 0 Å². The van der Waals surface area contributed by atoms with E-state index in [-0.39, 0.29) is 0 Å². The van der Waals surface area contributed by atoms with Gasteiger partial charge in [0.25, 0.3) is 0 Å². The molecule has 0 unspecified atom stereocenters. The van der Waals surface area contributed by atoms with Crippen LogP contribution in [-0.2, 0) is 0 Å². The topological polar surface area (TPSA) is 40.5 Å². The van der Waals surface area contributed by atoms with Crippen molar-refractivity contribution in [2.24, 2.45) is 0 Å². The molecule has 16 heavy (non-hydrogen) atoms. The van der Waals surface area contributed by atoms with E-state index in [1.54, 1.807) is 12.1 Å². The smallest absolute Gasteiger partial charge is 0.337 e. The van der Waals surface area contributed by atoms with Crippen LogP contribution in [0.3, 0.4) is 0 Å². The summed E-state index contributed by atoms with van der Waals surface area (Å²) >= 11 is 0. The maximum absolute atomic E-state index is 11.1. The summed E-state index contributed by atoms with van der Waals surface area (Å²) in [6.07, 6.45) is 3.16. The minimum atomic E-state index is -0.859. The number of aromatic carboxylic acids is 1. The van der Waals surface area contributed by atoms with Crippen LogP contribution >= 0.6 is 0 Å². The molecule has 0 saturated carbocycles. The average Bonchev–Trinajstić information content (AvgIpc) is 2.30. The van der Waals surface area contributed by atoms with Gasteiger partial charge in [-0.2, -0.15) is 0 Å². The first-order valence-electron chi connectivity index (χ1n) is 5.41. The Morgan fingerprint density at radius 3 is 2.75 bits per heavy atom. The van der Waals surface area contributed by atoms with Gasteiger partial charge < -0.3 is 10.0 Å². The van der Waals surface area contributed by atoms with E-state index in [0.29, 0.717) is 5.56 Å². The lowest BCUT2D eigenvalue weighted by Crippen LogP contribution is -2.29. The standard InChI is InChI=1S/C13H15NO2/c1-10-6-8-14(9-7-10)12-5-3-2-4-11(12)13(15)16/h2-6H,7-9H2,1H3,(H,15,16). The summed E-state index contributed by atoms with van der Waals surface area (Å²) in [6, 6.07) is 7.17. The van der Waals surface area contributed by atoms with E-state index in [4.69, 9.17) is 5.11 Å². The molecule has 0 bridgehead atoms. The Morgan fingerprint density at radius 2 is 2.12 bits per heavy atom. The van der Waals surface area contributed by atoms with Gasteiger partial charge in [0.2, 0.25) is 0 Å². The molecule has 1 aromatic rings. The summed E-state index contributed by atoms with van der Waals surface area (Å²) in [4.78, 5) is 13.2. The lowest BCUT2D eigenvalue weighted by Gasteiger charge is -2.28. The van der Waals surface area contributed by atoms with Crippen LogP contribution in [0.1, 0.15) is 23.7 Å². The van der Waals surface area contributed by atoms with Crippen molar-refractivity contribution in [2.75, 3.05) is 18.0 Å². The highest BCUT2D eigenvalue weighted by Crippen LogP contribution is 2.23. The largest absolute Gasteiger partial charge is 0.478 e. The number of carboxylic acid groups (broad SMARTS) is 1. The number of hydrogen-bond donors (Lipinski definition) is 1. The third-order valence-electron chi connectivity index (χ3n) is 2.91. The van der Waals surface area contributed by atoms with E-state index in [9.17, 15) is 4.79 Å². The Kier molecular flexibility index (Phi) is 2.95. The molecule has 0 amide bonds. The van der Waals surface area contributed by atoms with Crippen LogP contribution in [0.4, 0.5) is 5.69 Å². The van der Waals surface area contributed by atoms with Crippen LogP contribution in [-0.4, -0.2) is 24.2 Å². The molecule has 3 heteroatoms. The summed E-state index contributed by atoms with van der Waals surface area (Å²) in [7, 11) is 0.